The summed E-state index contributed by atoms with van der Waals surface area (Å²) in [4.78, 5) is 23.0. The second-order valence-corrected chi connectivity index (χ2v) is 10.4. The average molecular weight is 476 g/mol. The zero-order valence-electron chi connectivity index (χ0n) is 20.9. The number of rotatable bonds is 6. The molecule has 1 fully saturated rings. The molecule has 34 heavy (non-hydrogen) atoms. The van der Waals surface area contributed by atoms with Crippen molar-refractivity contribution in [2.45, 2.75) is 39.7 Å². The van der Waals surface area contributed by atoms with E-state index >= 15 is 0 Å². The minimum atomic E-state index is -0.0354. The second kappa shape index (κ2) is 9.80. The average Bonchev–Trinajstić information content (AvgIpc) is 3.08. The van der Waals surface area contributed by atoms with E-state index in [9.17, 15) is 4.79 Å². The van der Waals surface area contributed by atoms with Crippen LogP contribution in [0.3, 0.4) is 0 Å². The molecule has 0 bridgehead atoms. The van der Waals surface area contributed by atoms with E-state index < -0.39 is 0 Å². The molecule has 0 aliphatic carbocycles. The number of carbonyl (C=O) groups is 1. The number of allylic oxidation sites excluding steroid dienone is 1. The van der Waals surface area contributed by atoms with E-state index in [0.717, 1.165) is 23.2 Å². The number of hydrogen-bond acceptors (Lipinski definition) is 5. The Morgan fingerprint density at radius 2 is 1.88 bits per heavy atom. The zero-order valence-corrected chi connectivity index (χ0v) is 21.7. The third-order valence-corrected chi connectivity index (χ3v) is 7.50. The molecule has 0 radical (unpaired) electrons. The number of hydrogen-bond donors (Lipinski definition) is 0. The number of amides is 1. The van der Waals surface area contributed by atoms with E-state index in [0.29, 0.717) is 23.2 Å². The number of carbonyl (C=O) groups excluding carboxylic acids is 1. The third-order valence-electron chi connectivity index (χ3n) is 6.49. The van der Waals surface area contributed by atoms with Crippen LogP contribution in [-0.2, 0) is 9.53 Å². The number of amidine groups is 1. The lowest BCUT2D eigenvalue weighted by atomic mass is 9.87. The highest BCUT2D eigenvalue weighted by Crippen LogP contribution is 2.41. The van der Waals surface area contributed by atoms with Crippen LogP contribution < -0.4 is 4.90 Å². The van der Waals surface area contributed by atoms with Crippen LogP contribution in [0.25, 0.3) is 11.6 Å². The second-order valence-electron chi connectivity index (χ2n) is 9.41. The van der Waals surface area contributed by atoms with Crippen LogP contribution in [0.15, 0.2) is 58.4 Å². The zero-order chi connectivity index (χ0) is 24.5. The quantitative estimate of drug-likeness (QED) is 0.365. The van der Waals surface area contributed by atoms with Crippen LogP contribution in [0.5, 0.6) is 0 Å². The Kier molecular flexibility index (Phi) is 7.01. The molecule has 2 heterocycles. The van der Waals surface area contributed by atoms with E-state index in [2.05, 4.69) is 57.9 Å². The molecular formula is C28H33N3O2S. The number of methoxy groups -OCH3 is 1. The molecule has 0 spiro atoms. The van der Waals surface area contributed by atoms with Gasteiger partial charge in [-0.1, -0.05) is 24.3 Å². The number of likely N-dealkylation sites (N-methyl/N-ethyl adjacent to an activating group) is 1. The first kappa shape index (κ1) is 24.3. The maximum Gasteiger partial charge on any atom is 0.266 e. The predicted molar refractivity (Wildman–Crippen MR) is 145 cm³/mol. The first-order valence-electron chi connectivity index (χ1n) is 11.6. The van der Waals surface area contributed by atoms with E-state index in [-0.39, 0.29) is 11.4 Å². The molecule has 178 valence electrons. The number of anilines is 1. The highest BCUT2D eigenvalue weighted by molar-refractivity contribution is 8.18. The number of nitrogens with zero attached hydrogens (tertiary/aromatic N) is 3. The first-order chi connectivity index (χ1) is 16.2. The van der Waals surface area contributed by atoms with Crippen LogP contribution in [0.4, 0.5) is 11.4 Å². The van der Waals surface area contributed by atoms with E-state index in [4.69, 9.17) is 9.73 Å². The summed E-state index contributed by atoms with van der Waals surface area (Å²) in [5.41, 5.74) is 6.71. The SMILES string of the molecule is COCCCN1C(=O)/C(=C/c2cc3c(cc2C)N(C)C(C)(C)C=C3C)SC1=Nc1ccccc1. The molecule has 2 aliphatic heterocycles. The van der Waals surface area contributed by atoms with E-state index in [1.807, 2.05) is 36.4 Å². The Hall–Kier alpha value is -2.83. The van der Waals surface area contributed by atoms with Gasteiger partial charge in [0.15, 0.2) is 5.17 Å². The molecule has 4 rings (SSSR count). The third kappa shape index (κ3) is 4.84. The van der Waals surface area contributed by atoms with Gasteiger partial charge in [0.2, 0.25) is 0 Å². The Morgan fingerprint density at radius 3 is 2.59 bits per heavy atom. The van der Waals surface area contributed by atoms with Crippen molar-refractivity contribution in [1.29, 1.82) is 0 Å². The molecule has 5 nitrogen and oxygen atoms in total. The molecule has 2 aromatic carbocycles. The van der Waals surface area contributed by atoms with Crippen molar-refractivity contribution in [1.82, 2.24) is 4.90 Å². The number of fused-ring (bicyclic) bond motifs is 1. The summed E-state index contributed by atoms with van der Waals surface area (Å²) >= 11 is 1.44. The van der Waals surface area contributed by atoms with E-state index in [1.165, 1.54) is 28.6 Å². The largest absolute Gasteiger partial charge is 0.385 e. The van der Waals surface area contributed by atoms with Crippen molar-refractivity contribution < 1.29 is 9.53 Å². The van der Waals surface area contributed by atoms with Crippen molar-refractivity contribution in [2.24, 2.45) is 4.99 Å². The van der Waals surface area contributed by atoms with Crippen molar-refractivity contribution in [3.05, 3.63) is 70.1 Å². The lowest BCUT2D eigenvalue weighted by Gasteiger charge is -2.41. The number of thioether (sulfide) groups is 1. The van der Waals surface area contributed by atoms with Gasteiger partial charge in [-0.05, 0) is 92.9 Å². The predicted octanol–water partition coefficient (Wildman–Crippen LogP) is 6.27. The van der Waals surface area contributed by atoms with Gasteiger partial charge in [-0.3, -0.25) is 9.69 Å². The summed E-state index contributed by atoms with van der Waals surface area (Å²) in [5, 5.41) is 0.715. The maximum absolute atomic E-state index is 13.4. The normalized spacial score (nSPS) is 19.7. The molecule has 0 saturated carbocycles. The van der Waals surface area contributed by atoms with Crippen molar-refractivity contribution in [3.8, 4) is 0 Å². The topological polar surface area (TPSA) is 45.1 Å². The van der Waals surface area contributed by atoms with Gasteiger partial charge in [0.25, 0.3) is 5.91 Å². The Labute approximate surface area is 207 Å². The fraction of sp³-hybridized carbons (Fsp3) is 0.357. The molecule has 2 aromatic rings. The summed E-state index contributed by atoms with van der Waals surface area (Å²) in [7, 11) is 3.82. The van der Waals surface area contributed by atoms with Crippen LogP contribution in [-0.4, -0.2) is 48.8 Å². The fourth-order valence-electron chi connectivity index (χ4n) is 4.38. The Morgan fingerprint density at radius 1 is 1.15 bits per heavy atom. The van der Waals surface area contributed by atoms with Gasteiger partial charge in [0.1, 0.15) is 0 Å². The number of aliphatic imine (C=N–C) groups is 1. The van der Waals surface area contributed by atoms with Gasteiger partial charge in [-0.15, -0.1) is 0 Å². The number of ether oxygens (including phenoxy) is 1. The molecule has 1 saturated heterocycles. The minimum Gasteiger partial charge on any atom is -0.385 e. The molecule has 0 atom stereocenters. The summed E-state index contributed by atoms with van der Waals surface area (Å²) < 4.78 is 5.21. The number of benzene rings is 2. The van der Waals surface area contributed by atoms with Crippen LogP contribution in [0.2, 0.25) is 0 Å². The molecule has 1 amide bonds. The van der Waals surface area contributed by atoms with Gasteiger partial charge in [0, 0.05) is 38.6 Å². The van der Waals surface area contributed by atoms with Crippen LogP contribution in [0, 0.1) is 6.92 Å². The smallest absolute Gasteiger partial charge is 0.266 e. The van der Waals surface area contributed by atoms with Gasteiger partial charge in [-0.25, -0.2) is 4.99 Å². The molecule has 0 unspecified atom stereocenters. The standard InChI is InChI=1S/C28H33N3O2S/c1-19-15-24-23(20(2)18-28(3,4)30(24)5)16-21(19)17-25-26(32)31(13-10-14-33-6)27(34-25)29-22-11-8-7-9-12-22/h7-9,11-12,15-18H,10,13-14H2,1-6H3/b25-17-,29-27?. The van der Waals surface area contributed by atoms with Gasteiger partial charge >= 0.3 is 0 Å². The summed E-state index contributed by atoms with van der Waals surface area (Å²) in [6.45, 7) is 9.91. The summed E-state index contributed by atoms with van der Waals surface area (Å²) in [5.74, 6) is -0.00146. The first-order valence-corrected chi connectivity index (χ1v) is 12.5. The molecule has 6 heteroatoms. The van der Waals surface area contributed by atoms with Crippen molar-refractivity contribution in [3.63, 3.8) is 0 Å². The fourth-order valence-corrected chi connectivity index (χ4v) is 5.40. The Balaban J connectivity index is 1.71. The molecule has 2 aliphatic rings. The lowest BCUT2D eigenvalue weighted by molar-refractivity contribution is -0.122. The minimum absolute atomic E-state index is 0.00146. The van der Waals surface area contributed by atoms with Gasteiger partial charge in [-0.2, -0.15) is 0 Å². The number of para-hydroxylation sites is 1. The van der Waals surface area contributed by atoms with Crippen LogP contribution >= 0.6 is 11.8 Å². The maximum atomic E-state index is 13.4. The Bertz CT molecular complexity index is 1180. The number of aryl methyl sites for hydroxylation is 1. The van der Waals surface area contributed by atoms with Crippen molar-refractivity contribution >= 4 is 45.9 Å². The summed E-state index contributed by atoms with van der Waals surface area (Å²) in [6.07, 6.45) is 5.08. The van der Waals surface area contributed by atoms with Gasteiger partial charge < -0.3 is 9.64 Å². The molecule has 0 N–H and O–H groups in total. The lowest BCUT2D eigenvalue weighted by Crippen LogP contribution is -2.42. The van der Waals surface area contributed by atoms with Crippen LogP contribution in [0.1, 0.15) is 43.9 Å². The highest BCUT2D eigenvalue weighted by atomic mass is 32.2. The molecular weight excluding hydrogens is 442 g/mol. The highest BCUT2D eigenvalue weighted by Gasteiger charge is 2.34. The molecule has 0 aromatic heterocycles. The monoisotopic (exact) mass is 475 g/mol. The summed E-state index contributed by atoms with van der Waals surface area (Å²) in [6, 6.07) is 14.2. The van der Waals surface area contributed by atoms with Crippen molar-refractivity contribution in [2.75, 3.05) is 32.2 Å². The van der Waals surface area contributed by atoms with E-state index in [1.54, 1.807) is 12.0 Å². The van der Waals surface area contributed by atoms with Gasteiger partial charge in [0.05, 0.1) is 16.1 Å².